The summed E-state index contributed by atoms with van der Waals surface area (Å²) in [7, 11) is 0. The zero-order chi connectivity index (χ0) is 18.9. The van der Waals surface area contributed by atoms with E-state index >= 15 is 0 Å². The smallest absolute Gasteiger partial charge is 0.283 e. The Hall–Kier alpha value is -2.29. The third-order valence-electron chi connectivity index (χ3n) is 4.79. The molecule has 0 spiro atoms. The molecule has 4 heterocycles. The molecule has 5 rings (SSSR count). The molecule has 6 nitrogen and oxygen atoms in total. The number of hydrogen-bond donors (Lipinski definition) is 0. The molecule has 0 amide bonds. The fourth-order valence-corrected chi connectivity index (χ4v) is 5.40. The molecule has 1 aromatic carbocycles. The van der Waals surface area contributed by atoms with E-state index in [4.69, 9.17) is 4.42 Å². The number of likely N-dealkylation sites (tertiary alicyclic amines) is 1. The fourth-order valence-electron chi connectivity index (χ4n) is 3.47. The molecule has 0 atom stereocenters. The number of hydrogen-bond acceptors (Lipinski definition) is 8. The molecule has 0 N–H and O–H groups in total. The molecular formula is C20H19N5OS2. The maximum absolute atomic E-state index is 5.90. The van der Waals surface area contributed by atoms with Crippen molar-refractivity contribution in [2.45, 2.75) is 36.6 Å². The highest BCUT2D eigenvalue weighted by molar-refractivity contribution is 7.99. The lowest BCUT2D eigenvalue weighted by atomic mass is 10.1. The minimum absolute atomic E-state index is 0.527. The summed E-state index contributed by atoms with van der Waals surface area (Å²) in [5, 5.41) is 13.0. The zero-order valence-electron chi connectivity index (χ0n) is 15.5. The summed E-state index contributed by atoms with van der Waals surface area (Å²) in [5.74, 6) is 1.41. The van der Waals surface area contributed by atoms with Crippen molar-refractivity contribution in [3.8, 4) is 11.1 Å². The molecule has 1 fully saturated rings. The molecule has 3 aromatic heterocycles. The van der Waals surface area contributed by atoms with Gasteiger partial charge in [-0.3, -0.25) is 4.90 Å². The molecule has 1 aliphatic rings. The van der Waals surface area contributed by atoms with Gasteiger partial charge in [-0.15, -0.1) is 21.5 Å². The van der Waals surface area contributed by atoms with Gasteiger partial charge in [0.25, 0.3) is 5.22 Å². The second-order valence-electron chi connectivity index (χ2n) is 6.82. The molecule has 1 saturated heterocycles. The Morgan fingerprint density at radius 1 is 1.11 bits per heavy atom. The monoisotopic (exact) mass is 409 g/mol. The summed E-state index contributed by atoms with van der Waals surface area (Å²) >= 11 is 3.06. The lowest BCUT2D eigenvalue weighted by Gasteiger charge is -2.10. The second-order valence-corrected chi connectivity index (χ2v) is 8.62. The van der Waals surface area contributed by atoms with Crippen molar-refractivity contribution in [1.82, 2.24) is 25.1 Å². The van der Waals surface area contributed by atoms with Gasteiger partial charge >= 0.3 is 0 Å². The number of aryl methyl sites for hydroxylation is 1. The molecule has 0 bridgehead atoms. The van der Waals surface area contributed by atoms with Gasteiger partial charge < -0.3 is 4.42 Å². The van der Waals surface area contributed by atoms with Crippen LogP contribution < -0.4 is 0 Å². The first-order valence-corrected chi connectivity index (χ1v) is 11.0. The predicted octanol–water partition coefficient (Wildman–Crippen LogP) is 4.80. The molecule has 142 valence electrons. The first-order valence-electron chi connectivity index (χ1n) is 9.30. The number of rotatable bonds is 5. The van der Waals surface area contributed by atoms with Crippen LogP contribution in [0.3, 0.4) is 0 Å². The van der Waals surface area contributed by atoms with E-state index in [0.717, 1.165) is 51.8 Å². The van der Waals surface area contributed by atoms with E-state index in [1.165, 1.54) is 24.6 Å². The van der Waals surface area contributed by atoms with E-state index in [1.54, 1.807) is 11.3 Å². The quantitative estimate of drug-likeness (QED) is 0.439. The molecule has 0 aliphatic carbocycles. The number of benzene rings is 1. The van der Waals surface area contributed by atoms with Crippen LogP contribution >= 0.6 is 23.1 Å². The Kier molecular flexibility index (Phi) is 4.84. The summed E-state index contributed by atoms with van der Waals surface area (Å²) in [4.78, 5) is 12.6. The highest BCUT2D eigenvalue weighted by Gasteiger charge is 2.19. The van der Waals surface area contributed by atoms with Crippen molar-refractivity contribution in [1.29, 1.82) is 0 Å². The van der Waals surface area contributed by atoms with Crippen LogP contribution in [-0.2, 0) is 6.54 Å². The van der Waals surface area contributed by atoms with Crippen LogP contribution in [0.15, 0.2) is 50.4 Å². The number of fused-ring (bicyclic) bond motifs is 1. The van der Waals surface area contributed by atoms with E-state index in [1.807, 2.05) is 25.1 Å². The number of thiophene rings is 1. The lowest BCUT2D eigenvalue weighted by molar-refractivity contribution is 0.278. The van der Waals surface area contributed by atoms with Crippen LogP contribution in [0, 0.1) is 6.92 Å². The van der Waals surface area contributed by atoms with Crippen LogP contribution in [0.25, 0.3) is 21.3 Å². The van der Waals surface area contributed by atoms with E-state index in [9.17, 15) is 0 Å². The Morgan fingerprint density at radius 2 is 1.93 bits per heavy atom. The maximum atomic E-state index is 5.90. The Morgan fingerprint density at radius 3 is 2.75 bits per heavy atom. The van der Waals surface area contributed by atoms with Gasteiger partial charge in [-0.2, -0.15) is 0 Å². The minimum atomic E-state index is 0.527. The molecule has 28 heavy (non-hydrogen) atoms. The van der Waals surface area contributed by atoms with Crippen molar-refractivity contribution in [2.75, 3.05) is 13.1 Å². The number of nitrogens with zero attached hydrogens (tertiary/aromatic N) is 5. The predicted molar refractivity (Wildman–Crippen MR) is 111 cm³/mol. The largest absolute Gasteiger partial charge is 0.414 e. The molecule has 0 unspecified atom stereocenters. The third-order valence-corrected chi connectivity index (χ3v) is 6.49. The van der Waals surface area contributed by atoms with Gasteiger partial charge in [0.15, 0.2) is 0 Å². The first-order chi connectivity index (χ1) is 13.8. The lowest BCUT2D eigenvalue weighted by Crippen LogP contribution is -2.18. The SMILES string of the molecule is Cc1nc(Sc2nnc(CN3CCCC3)o2)c2c(-c3ccccc3)csc2n1. The average Bonchev–Trinajstić information content (AvgIpc) is 3.44. The molecule has 1 aliphatic heterocycles. The van der Waals surface area contributed by atoms with Gasteiger partial charge in [-0.05, 0) is 50.2 Å². The van der Waals surface area contributed by atoms with Crippen molar-refractivity contribution < 1.29 is 4.42 Å². The molecule has 0 saturated carbocycles. The van der Waals surface area contributed by atoms with Crippen molar-refractivity contribution in [2.24, 2.45) is 0 Å². The van der Waals surface area contributed by atoms with Crippen molar-refractivity contribution >= 4 is 33.3 Å². The van der Waals surface area contributed by atoms with E-state index < -0.39 is 0 Å². The topological polar surface area (TPSA) is 67.9 Å². The molecule has 0 radical (unpaired) electrons. The van der Waals surface area contributed by atoms with E-state index in [2.05, 4.69) is 42.6 Å². The van der Waals surface area contributed by atoms with Crippen LogP contribution in [0.2, 0.25) is 0 Å². The summed E-state index contributed by atoms with van der Waals surface area (Å²) in [6.45, 7) is 4.84. The van der Waals surface area contributed by atoms with Gasteiger partial charge in [0.05, 0.1) is 11.9 Å². The Balaban J connectivity index is 1.48. The van der Waals surface area contributed by atoms with Gasteiger partial charge in [0.2, 0.25) is 5.89 Å². The maximum Gasteiger partial charge on any atom is 0.283 e. The molecule has 4 aromatic rings. The van der Waals surface area contributed by atoms with Crippen LogP contribution in [0.5, 0.6) is 0 Å². The van der Waals surface area contributed by atoms with Gasteiger partial charge in [0.1, 0.15) is 15.7 Å². The summed E-state index contributed by atoms with van der Waals surface area (Å²) in [6.07, 6.45) is 2.49. The molecular weight excluding hydrogens is 390 g/mol. The third kappa shape index (κ3) is 3.55. The standard InChI is InChI=1S/C20H19N5OS2/c1-13-21-18-17(15(12-27-18)14-7-3-2-4-8-14)19(22-13)28-20-24-23-16(26-20)11-25-9-5-6-10-25/h2-4,7-8,12H,5-6,9-11H2,1H3. The van der Waals surface area contributed by atoms with Crippen molar-refractivity contribution in [3.05, 3.63) is 47.4 Å². The zero-order valence-corrected chi connectivity index (χ0v) is 17.1. The molecule has 8 heteroatoms. The summed E-state index contributed by atoms with van der Waals surface area (Å²) < 4.78 is 5.90. The van der Waals surface area contributed by atoms with Crippen molar-refractivity contribution in [3.63, 3.8) is 0 Å². The summed E-state index contributed by atoms with van der Waals surface area (Å²) in [5.41, 5.74) is 2.29. The highest BCUT2D eigenvalue weighted by atomic mass is 32.2. The van der Waals surface area contributed by atoms with Crippen LogP contribution in [0.4, 0.5) is 0 Å². The van der Waals surface area contributed by atoms with Gasteiger partial charge in [-0.25, -0.2) is 9.97 Å². The minimum Gasteiger partial charge on any atom is -0.414 e. The summed E-state index contributed by atoms with van der Waals surface area (Å²) in [6, 6.07) is 10.3. The van der Waals surface area contributed by atoms with Crippen LogP contribution in [0.1, 0.15) is 24.6 Å². The van der Waals surface area contributed by atoms with E-state index in [0.29, 0.717) is 11.1 Å². The Labute approximate surface area is 171 Å². The highest BCUT2D eigenvalue weighted by Crippen LogP contribution is 2.40. The van der Waals surface area contributed by atoms with Crippen LogP contribution in [-0.4, -0.2) is 38.2 Å². The normalized spacial score (nSPS) is 14.9. The van der Waals surface area contributed by atoms with Gasteiger partial charge in [0, 0.05) is 10.9 Å². The average molecular weight is 410 g/mol. The van der Waals surface area contributed by atoms with Gasteiger partial charge in [-0.1, -0.05) is 30.3 Å². The first kappa shape index (κ1) is 17.8. The Bertz CT molecular complexity index is 1100. The number of aromatic nitrogens is 4. The fraction of sp³-hybridized carbons (Fsp3) is 0.300. The van der Waals surface area contributed by atoms with E-state index in [-0.39, 0.29) is 0 Å². The second kappa shape index (κ2) is 7.62.